The number of rotatable bonds is 7. The summed E-state index contributed by atoms with van der Waals surface area (Å²) in [5.41, 5.74) is 0.980. The summed E-state index contributed by atoms with van der Waals surface area (Å²) in [6.45, 7) is 2.77. The number of carbonyl (C=O) groups is 1. The van der Waals surface area contributed by atoms with E-state index < -0.39 is 0 Å². The lowest BCUT2D eigenvalue weighted by molar-refractivity contribution is -0.117. The highest BCUT2D eigenvalue weighted by molar-refractivity contribution is 9.10. The average molecular weight is 335 g/mol. The van der Waals surface area contributed by atoms with Gasteiger partial charge >= 0.3 is 0 Å². The molecule has 1 N–H and O–H groups in total. The Balaban J connectivity index is 2.55. The molecule has 0 aromatic heterocycles. The van der Waals surface area contributed by atoms with Crippen molar-refractivity contribution < 1.29 is 4.79 Å². The number of nitriles is 1. The first kappa shape index (κ1) is 16.5. The van der Waals surface area contributed by atoms with Gasteiger partial charge in [-0.1, -0.05) is 54.2 Å². The van der Waals surface area contributed by atoms with Gasteiger partial charge in [-0.25, -0.2) is 0 Å². The fourth-order valence-corrected chi connectivity index (χ4v) is 1.99. The number of carbonyl (C=O) groups excluding carboxylic acids is 1. The van der Waals surface area contributed by atoms with Gasteiger partial charge in [-0.3, -0.25) is 4.79 Å². The Morgan fingerprint density at radius 3 is 2.60 bits per heavy atom. The van der Waals surface area contributed by atoms with E-state index in [9.17, 15) is 4.79 Å². The fourth-order valence-electron chi connectivity index (χ4n) is 1.72. The first-order valence-electron chi connectivity index (χ1n) is 6.83. The molecule has 0 saturated heterocycles. The topological polar surface area (TPSA) is 52.9 Å². The second kappa shape index (κ2) is 9.33. The van der Waals surface area contributed by atoms with Crippen molar-refractivity contribution in [3.05, 3.63) is 39.9 Å². The average Bonchev–Trinajstić information content (AvgIpc) is 2.46. The van der Waals surface area contributed by atoms with E-state index in [4.69, 9.17) is 5.26 Å². The van der Waals surface area contributed by atoms with Gasteiger partial charge in [0.15, 0.2) is 0 Å². The van der Waals surface area contributed by atoms with Gasteiger partial charge in [0.25, 0.3) is 5.91 Å². The molecule has 0 aliphatic carbocycles. The number of nitrogens with zero attached hydrogens (tertiary/aromatic N) is 1. The molecule has 0 radical (unpaired) electrons. The number of benzene rings is 1. The van der Waals surface area contributed by atoms with Crippen LogP contribution >= 0.6 is 15.9 Å². The zero-order valence-corrected chi connectivity index (χ0v) is 13.2. The molecule has 1 aromatic rings. The molecule has 0 saturated carbocycles. The van der Waals surface area contributed by atoms with Gasteiger partial charge in [-0.05, 0) is 30.2 Å². The zero-order valence-electron chi connectivity index (χ0n) is 11.7. The molecule has 106 valence electrons. The Hall–Kier alpha value is -1.60. The molecule has 0 aliphatic heterocycles. The number of hydrogen-bond donors (Lipinski definition) is 1. The predicted molar refractivity (Wildman–Crippen MR) is 84.9 cm³/mol. The summed E-state index contributed by atoms with van der Waals surface area (Å²) in [4.78, 5) is 11.9. The Labute approximate surface area is 128 Å². The second-order valence-corrected chi connectivity index (χ2v) is 5.45. The molecular weight excluding hydrogens is 316 g/mol. The van der Waals surface area contributed by atoms with E-state index in [-0.39, 0.29) is 11.5 Å². The molecule has 0 atom stereocenters. The van der Waals surface area contributed by atoms with Crippen molar-refractivity contribution >= 4 is 27.9 Å². The van der Waals surface area contributed by atoms with Crippen molar-refractivity contribution in [2.45, 2.75) is 32.6 Å². The normalized spacial score (nSPS) is 10.9. The molecule has 3 nitrogen and oxygen atoms in total. The molecule has 0 bridgehead atoms. The molecule has 1 amide bonds. The van der Waals surface area contributed by atoms with Crippen LogP contribution in [0, 0.1) is 11.3 Å². The lowest BCUT2D eigenvalue weighted by Gasteiger charge is -2.04. The maximum Gasteiger partial charge on any atom is 0.261 e. The third kappa shape index (κ3) is 6.03. The maximum atomic E-state index is 11.9. The smallest absolute Gasteiger partial charge is 0.261 e. The Morgan fingerprint density at radius 2 is 2.00 bits per heavy atom. The molecule has 0 unspecified atom stereocenters. The molecule has 0 heterocycles. The number of unbranched alkanes of at least 4 members (excludes halogenated alkanes) is 3. The van der Waals surface area contributed by atoms with Crippen LogP contribution in [-0.2, 0) is 4.79 Å². The van der Waals surface area contributed by atoms with Crippen LogP contribution in [0.25, 0.3) is 6.08 Å². The number of amides is 1. The van der Waals surface area contributed by atoms with Crippen LogP contribution in [0.2, 0.25) is 0 Å². The standard InChI is InChI=1S/C16H19BrN2O/c1-2-3-4-5-10-19-16(20)14(12-18)11-13-6-8-15(17)9-7-13/h6-9,11H,2-5,10H2,1H3,(H,19,20)/b14-11+. The van der Waals surface area contributed by atoms with E-state index in [0.717, 1.165) is 22.9 Å². The predicted octanol–water partition coefficient (Wildman–Crippen LogP) is 4.05. The zero-order chi connectivity index (χ0) is 14.8. The van der Waals surface area contributed by atoms with Gasteiger partial charge in [-0.2, -0.15) is 5.26 Å². The van der Waals surface area contributed by atoms with Gasteiger partial charge in [0.05, 0.1) is 0 Å². The van der Waals surface area contributed by atoms with Crippen LogP contribution in [0.15, 0.2) is 34.3 Å². The van der Waals surface area contributed by atoms with E-state index in [1.165, 1.54) is 12.8 Å². The quantitative estimate of drug-likeness (QED) is 0.464. The lowest BCUT2D eigenvalue weighted by Crippen LogP contribution is -2.25. The fraction of sp³-hybridized carbons (Fsp3) is 0.375. The van der Waals surface area contributed by atoms with Crippen molar-refractivity contribution in [1.29, 1.82) is 5.26 Å². The van der Waals surface area contributed by atoms with Gasteiger partial charge in [-0.15, -0.1) is 0 Å². The summed E-state index contributed by atoms with van der Waals surface area (Å²) in [7, 11) is 0. The minimum Gasteiger partial charge on any atom is -0.351 e. The van der Waals surface area contributed by atoms with Crippen molar-refractivity contribution in [3.8, 4) is 6.07 Å². The van der Waals surface area contributed by atoms with Crippen molar-refractivity contribution in [1.82, 2.24) is 5.32 Å². The molecule has 0 fully saturated rings. The minimum atomic E-state index is -0.299. The first-order chi connectivity index (χ1) is 9.67. The highest BCUT2D eigenvalue weighted by atomic mass is 79.9. The lowest BCUT2D eigenvalue weighted by atomic mass is 10.1. The van der Waals surface area contributed by atoms with E-state index in [1.54, 1.807) is 6.08 Å². The van der Waals surface area contributed by atoms with Gasteiger partial charge in [0.1, 0.15) is 11.6 Å². The summed E-state index contributed by atoms with van der Waals surface area (Å²) in [6.07, 6.45) is 6.01. The first-order valence-corrected chi connectivity index (χ1v) is 7.62. The number of halogens is 1. The van der Waals surface area contributed by atoms with Crippen molar-refractivity contribution in [3.63, 3.8) is 0 Å². The van der Waals surface area contributed by atoms with E-state index in [2.05, 4.69) is 28.2 Å². The number of nitrogens with one attached hydrogen (secondary N) is 1. The van der Waals surface area contributed by atoms with Gasteiger partial charge < -0.3 is 5.32 Å². The van der Waals surface area contributed by atoms with Crippen molar-refractivity contribution in [2.24, 2.45) is 0 Å². The summed E-state index contributed by atoms with van der Waals surface area (Å²) in [5.74, 6) is -0.299. The molecule has 4 heteroatoms. The third-order valence-corrected chi connectivity index (χ3v) is 3.39. The van der Waals surface area contributed by atoms with E-state index in [0.29, 0.717) is 6.54 Å². The van der Waals surface area contributed by atoms with E-state index in [1.807, 2.05) is 30.3 Å². The van der Waals surface area contributed by atoms with Crippen LogP contribution in [0.4, 0.5) is 0 Å². The Morgan fingerprint density at radius 1 is 1.30 bits per heavy atom. The third-order valence-electron chi connectivity index (χ3n) is 2.86. The van der Waals surface area contributed by atoms with Crippen LogP contribution < -0.4 is 5.32 Å². The Kier molecular flexibility index (Phi) is 7.67. The largest absolute Gasteiger partial charge is 0.351 e. The summed E-state index contributed by atoms with van der Waals surface area (Å²) in [6, 6.07) is 9.43. The van der Waals surface area contributed by atoms with Crippen LogP contribution in [0.3, 0.4) is 0 Å². The van der Waals surface area contributed by atoms with Gasteiger partial charge in [0.2, 0.25) is 0 Å². The molecule has 0 spiro atoms. The molecule has 1 aromatic carbocycles. The van der Waals surface area contributed by atoms with E-state index >= 15 is 0 Å². The molecule has 20 heavy (non-hydrogen) atoms. The van der Waals surface area contributed by atoms with Crippen LogP contribution in [0.1, 0.15) is 38.2 Å². The highest BCUT2D eigenvalue weighted by Crippen LogP contribution is 2.13. The maximum absolute atomic E-state index is 11.9. The Bertz CT molecular complexity index is 500. The molecular formula is C16H19BrN2O. The van der Waals surface area contributed by atoms with Gasteiger partial charge in [0, 0.05) is 11.0 Å². The molecule has 0 aliphatic rings. The highest BCUT2D eigenvalue weighted by Gasteiger charge is 2.07. The monoisotopic (exact) mass is 334 g/mol. The van der Waals surface area contributed by atoms with Crippen LogP contribution in [0.5, 0.6) is 0 Å². The SMILES string of the molecule is CCCCCCNC(=O)/C(C#N)=C/c1ccc(Br)cc1. The summed E-state index contributed by atoms with van der Waals surface area (Å²) < 4.78 is 0.966. The summed E-state index contributed by atoms with van der Waals surface area (Å²) in [5, 5.41) is 11.8. The number of hydrogen-bond acceptors (Lipinski definition) is 2. The van der Waals surface area contributed by atoms with Crippen LogP contribution in [-0.4, -0.2) is 12.5 Å². The minimum absolute atomic E-state index is 0.141. The summed E-state index contributed by atoms with van der Waals surface area (Å²) >= 11 is 3.35. The molecule has 1 rings (SSSR count). The second-order valence-electron chi connectivity index (χ2n) is 4.54. The van der Waals surface area contributed by atoms with Crippen molar-refractivity contribution in [2.75, 3.05) is 6.54 Å².